The van der Waals surface area contributed by atoms with E-state index < -0.39 is 0 Å². The van der Waals surface area contributed by atoms with Crippen LogP contribution < -0.4 is 10.1 Å². The van der Waals surface area contributed by atoms with Gasteiger partial charge in [0.25, 0.3) is 0 Å². The van der Waals surface area contributed by atoms with E-state index in [2.05, 4.69) is 40.3 Å². The van der Waals surface area contributed by atoms with Gasteiger partial charge in [0.05, 0.1) is 13.2 Å². The second kappa shape index (κ2) is 7.30. The number of hydrogen-bond acceptors (Lipinski definition) is 2. The van der Waals surface area contributed by atoms with Crippen molar-refractivity contribution >= 4 is 27.5 Å². The highest BCUT2D eigenvalue weighted by molar-refractivity contribution is 9.10. The van der Waals surface area contributed by atoms with Crippen LogP contribution in [0.4, 0.5) is 0 Å². The Morgan fingerprint density at radius 2 is 2.00 bits per heavy atom. The molecule has 2 nitrogen and oxygen atoms in total. The first-order valence-electron chi connectivity index (χ1n) is 6.89. The molecular weight excluding hydrogens is 350 g/mol. The fourth-order valence-corrected chi connectivity index (χ4v) is 2.90. The summed E-state index contributed by atoms with van der Waals surface area (Å²) in [5.41, 5.74) is 3.30. The van der Waals surface area contributed by atoms with Gasteiger partial charge in [-0.3, -0.25) is 0 Å². The molecule has 0 spiro atoms. The Bertz CT molecular complexity index is 630. The third kappa shape index (κ3) is 3.79. The molecule has 4 heteroatoms. The number of benzene rings is 2. The Morgan fingerprint density at radius 3 is 2.62 bits per heavy atom. The van der Waals surface area contributed by atoms with Gasteiger partial charge in [0.15, 0.2) is 0 Å². The van der Waals surface area contributed by atoms with E-state index in [9.17, 15) is 0 Å². The molecule has 0 aliphatic heterocycles. The minimum absolute atomic E-state index is 0.0422. The summed E-state index contributed by atoms with van der Waals surface area (Å²) in [5.74, 6) is 0.862. The normalized spacial score (nSPS) is 12.2. The van der Waals surface area contributed by atoms with Crippen LogP contribution in [0.3, 0.4) is 0 Å². The summed E-state index contributed by atoms with van der Waals surface area (Å²) >= 11 is 9.82. The summed E-state index contributed by atoms with van der Waals surface area (Å²) in [6.45, 7) is 4.95. The molecule has 0 fully saturated rings. The highest BCUT2D eigenvalue weighted by atomic mass is 79.9. The summed E-state index contributed by atoms with van der Waals surface area (Å²) in [4.78, 5) is 0. The fourth-order valence-electron chi connectivity index (χ4n) is 2.33. The van der Waals surface area contributed by atoms with Crippen molar-refractivity contribution in [2.24, 2.45) is 0 Å². The molecule has 0 heterocycles. The van der Waals surface area contributed by atoms with Crippen LogP contribution in [0, 0.1) is 6.92 Å². The minimum atomic E-state index is 0.0422. The van der Waals surface area contributed by atoms with Gasteiger partial charge < -0.3 is 10.1 Å². The van der Waals surface area contributed by atoms with Crippen LogP contribution in [0.5, 0.6) is 5.75 Å². The first-order valence-corrected chi connectivity index (χ1v) is 8.06. The first kappa shape index (κ1) is 16.3. The maximum absolute atomic E-state index is 6.28. The van der Waals surface area contributed by atoms with E-state index in [1.54, 1.807) is 7.11 Å². The van der Waals surface area contributed by atoms with Crippen molar-refractivity contribution in [2.75, 3.05) is 13.7 Å². The summed E-state index contributed by atoms with van der Waals surface area (Å²) in [6.07, 6.45) is 0. The average molecular weight is 369 g/mol. The SMILES string of the molecule is CCNC(c1ccc(C)c(Cl)c1)c1cc(Br)ccc1OC. The molecule has 1 atom stereocenters. The number of methoxy groups -OCH3 is 1. The summed E-state index contributed by atoms with van der Waals surface area (Å²) in [6, 6.07) is 12.2. The molecule has 0 saturated carbocycles. The third-order valence-electron chi connectivity index (χ3n) is 3.44. The molecular formula is C17H19BrClNO. The van der Waals surface area contributed by atoms with Gasteiger partial charge in [-0.1, -0.05) is 46.6 Å². The third-order valence-corrected chi connectivity index (χ3v) is 4.34. The van der Waals surface area contributed by atoms with Crippen LogP contribution in [0.15, 0.2) is 40.9 Å². The van der Waals surface area contributed by atoms with Crippen LogP contribution >= 0.6 is 27.5 Å². The summed E-state index contributed by atoms with van der Waals surface area (Å²) in [7, 11) is 1.69. The lowest BCUT2D eigenvalue weighted by Gasteiger charge is -2.22. The van der Waals surface area contributed by atoms with Crippen molar-refractivity contribution in [3.8, 4) is 5.75 Å². The molecule has 2 rings (SSSR count). The van der Waals surface area contributed by atoms with Crippen LogP contribution in [0.1, 0.15) is 29.7 Å². The molecule has 0 bridgehead atoms. The van der Waals surface area contributed by atoms with E-state index in [1.165, 1.54) is 0 Å². The van der Waals surface area contributed by atoms with E-state index in [0.29, 0.717) is 0 Å². The first-order chi connectivity index (χ1) is 10.1. The van der Waals surface area contributed by atoms with Gasteiger partial charge in [-0.2, -0.15) is 0 Å². The number of rotatable bonds is 5. The second-order valence-corrected chi connectivity index (χ2v) is 6.21. The van der Waals surface area contributed by atoms with Gasteiger partial charge in [-0.15, -0.1) is 0 Å². The maximum Gasteiger partial charge on any atom is 0.124 e. The Morgan fingerprint density at radius 1 is 1.24 bits per heavy atom. The molecule has 0 saturated heterocycles. The number of hydrogen-bond donors (Lipinski definition) is 1. The molecule has 0 amide bonds. The van der Waals surface area contributed by atoms with Gasteiger partial charge in [0, 0.05) is 15.1 Å². The molecule has 0 aliphatic carbocycles. The number of ether oxygens (including phenoxy) is 1. The molecule has 2 aromatic rings. The van der Waals surface area contributed by atoms with E-state index in [4.69, 9.17) is 16.3 Å². The van der Waals surface area contributed by atoms with Crippen LogP contribution in [-0.2, 0) is 0 Å². The predicted molar refractivity (Wildman–Crippen MR) is 92.4 cm³/mol. The van der Waals surface area contributed by atoms with Crippen molar-refractivity contribution in [1.82, 2.24) is 5.32 Å². The number of aryl methyl sites for hydroxylation is 1. The topological polar surface area (TPSA) is 21.3 Å². The van der Waals surface area contributed by atoms with Crippen molar-refractivity contribution in [3.63, 3.8) is 0 Å². The molecule has 1 unspecified atom stereocenters. The van der Waals surface area contributed by atoms with Crippen LogP contribution in [-0.4, -0.2) is 13.7 Å². The zero-order valence-corrected chi connectivity index (χ0v) is 14.8. The highest BCUT2D eigenvalue weighted by Crippen LogP contribution is 2.33. The summed E-state index contributed by atoms with van der Waals surface area (Å²) < 4.78 is 6.54. The lowest BCUT2D eigenvalue weighted by Crippen LogP contribution is -2.22. The lowest BCUT2D eigenvalue weighted by molar-refractivity contribution is 0.404. The van der Waals surface area contributed by atoms with Crippen molar-refractivity contribution in [3.05, 3.63) is 62.6 Å². The van der Waals surface area contributed by atoms with Gasteiger partial charge in [0.2, 0.25) is 0 Å². The van der Waals surface area contributed by atoms with Crippen molar-refractivity contribution < 1.29 is 4.74 Å². The van der Waals surface area contributed by atoms with Crippen LogP contribution in [0.2, 0.25) is 5.02 Å². The Hall–Kier alpha value is -1.03. The molecule has 1 N–H and O–H groups in total. The standard InChI is InChI=1S/C17H19BrClNO/c1-4-20-17(12-6-5-11(2)15(19)9-12)14-10-13(18)7-8-16(14)21-3/h5-10,17,20H,4H2,1-3H3. The quantitative estimate of drug-likeness (QED) is 0.791. The lowest BCUT2D eigenvalue weighted by atomic mass is 9.97. The molecule has 0 radical (unpaired) electrons. The molecule has 2 aromatic carbocycles. The predicted octanol–water partition coefficient (Wildman–Crippen LogP) is 5.12. The van der Waals surface area contributed by atoms with E-state index in [0.717, 1.165) is 38.5 Å². The average Bonchev–Trinajstić information content (AvgIpc) is 2.48. The van der Waals surface area contributed by atoms with Crippen LogP contribution in [0.25, 0.3) is 0 Å². The molecule has 112 valence electrons. The fraction of sp³-hybridized carbons (Fsp3) is 0.294. The Balaban J connectivity index is 2.52. The molecule has 21 heavy (non-hydrogen) atoms. The minimum Gasteiger partial charge on any atom is -0.496 e. The van der Waals surface area contributed by atoms with Gasteiger partial charge in [0.1, 0.15) is 5.75 Å². The monoisotopic (exact) mass is 367 g/mol. The zero-order chi connectivity index (χ0) is 15.4. The largest absolute Gasteiger partial charge is 0.496 e. The number of halogens is 2. The van der Waals surface area contributed by atoms with Gasteiger partial charge >= 0.3 is 0 Å². The highest BCUT2D eigenvalue weighted by Gasteiger charge is 2.18. The summed E-state index contributed by atoms with van der Waals surface area (Å²) in [5, 5.41) is 4.29. The van der Waals surface area contributed by atoms with Gasteiger partial charge in [-0.25, -0.2) is 0 Å². The van der Waals surface area contributed by atoms with E-state index in [-0.39, 0.29) is 6.04 Å². The molecule has 0 aromatic heterocycles. The van der Waals surface area contributed by atoms with E-state index in [1.807, 2.05) is 31.2 Å². The van der Waals surface area contributed by atoms with Crippen molar-refractivity contribution in [2.45, 2.75) is 19.9 Å². The maximum atomic E-state index is 6.28. The second-order valence-electron chi connectivity index (χ2n) is 4.89. The van der Waals surface area contributed by atoms with Gasteiger partial charge in [-0.05, 0) is 48.9 Å². The molecule has 0 aliphatic rings. The zero-order valence-electron chi connectivity index (χ0n) is 12.4. The Kier molecular flexibility index (Phi) is 5.68. The Labute approximate surface area is 139 Å². The van der Waals surface area contributed by atoms with Crippen molar-refractivity contribution in [1.29, 1.82) is 0 Å². The number of nitrogens with one attached hydrogen (secondary N) is 1. The smallest absolute Gasteiger partial charge is 0.124 e. The van der Waals surface area contributed by atoms with E-state index >= 15 is 0 Å².